The van der Waals surface area contributed by atoms with Gasteiger partial charge in [-0.15, -0.1) is 0 Å². The number of benzene rings is 3. The van der Waals surface area contributed by atoms with Gasteiger partial charge in [0.2, 0.25) is 0 Å². The van der Waals surface area contributed by atoms with Gasteiger partial charge < -0.3 is 24.1 Å². The van der Waals surface area contributed by atoms with Crippen LogP contribution in [0.5, 0.6) is 17.2 Å². The number of nitrogens with one attached hydrogen (secondary N) is 1. The molecule has 0 aliphatic carbocycles. The second-order valence-electron chi connectivity index (χ2n) is 8.57. The highest BCUT2D eigenvalue weighted by Gasteiger charge is 2.35. The van der Waals surface area contributed by atoms with Gasteiger partial charge in [0.05, 0.1) is 27.4 Å². The van der Waals surface area contributed by atoms with Crippen LogP contribution in [0, 0.1) is 5.82 Å². The van der Waals surface area contributed by atoms with E-state index in [2.05, 4.69) is 4.98 Å². The lowest BCUT2D eigenvalue weighted by molar-refractivity contribution is 0.0693. The second kappa shape index (κ2) is 9.37. The number of methoxy groups -OCH3 is 3. The summed E-state index contributed by atoms with van der Waals surface area (Å²) in [6, 6.07) is 15.7. The maximum absolute atomic E-state index is 14.0. The van der Waals surface area contributed by atoms with Crippen molar-refractivity contribution in [3.8, 4) is 17.2 Å². The third kappa shape index (κ3) is 4.04. The maximum atomic E-state index is 14.0. The highest BCUT2D eigenvalue weighted by molar-refractivity contribution is 5.95. The molecule has 1 atom stereocenters. The highest BCUT2D eigenvalue weighted by Crippen LogP contribution is 2.41. The fourth-order valence-corrected chi connectivity index (χ4v) is 4.82. The SMILES string of the molecule is COc1ccc2[nH]c(=O)c(C3c4cc(OC)c(OC)cc4CCN3C(=O)c3cccc(F)c3)cc2c1. The molecule has 1 amide bonds. The van der Waals surface area contributed by atoms with Crippen LogP contribution in [0.3, 0.4) is 0 Å². The van der Waals surface area contributed by atoms with Crippen LogP contribution in [-0.4, -0.2) is 43.7 Å². The lowest BCUT2D eigenvalue weighted by Crippen LogP contribution is -2.42. The van der Waals surface area contributed by atoms with Gasteiger partial charge in [-0.05, 0) is 72.1 Å². The molecule has 3 aromatic carbocycles. The van der Waals surface area contributed by atoms with Gasteiger partial charge in [-0.1, -0.05) is 6.07 Å². The van der Waals surface area contributed by atoms with Crippen LogP contribution in [0.15, 0.2) is 65.5 Å². The molecule has 1 unspecified atom stereocenters. The predicted octanol–water partition coefficient (Wildman–Crippen LogP) is 4.48. The Bertz CT molecular complexity index is 1530. The first-order valence-corrected chi connectivity index (χ1v) is 11.5. The molecule has 0 bridgehead atoms. The van der Waals surface area contributed by atoms with Crippen molar-refractivity contribution in [1.82, 2.24) is 9.88 Å². The number of pyridine rings is 1. The number of carbonyl (C=O) groups excluding carboxylic acids is 1. The summed E-state index contributed by atoms with van der Waals surface area (Å²) in [6.07, 6.45) is 0.534. The van der Waals surface area contributed by atoms with Crippen molar-refractivity contribution < 1.29 is 23.4 Å². The minimum absolute atomic E-state index is 0.211. The zero-order chi connectivity index (χ0) is 25.4. The number of H-pyrrole nitrogens is 1. The molecule has 0 saturated carbocycles. The van der Waals surface area contributed by atoms with Crippen LogP contribution in [0.4, 0.5) is 4.39 Å². The molecule has 1 aliphatic heterocycles. The van der Waals surface area contributed by atoms with E-state index in [9.17, 15) is 14.0 Å². The zero-order valence-corrected chi connectivity index (χ0v) is 20.1. The average molecular weight is 489 g/mol. The van der Waals surface area contributed by atoms with Crippen LogP contribution in [0.25, 0.3) is 10.9 Å². The molecule has 0 saturated heterocycles. The summed E-state index contributed by atoms with van der Waals surface area (Å²) in [5, 5.41) is 0.759. The van der Waals surface area contributed by atoms with E-state index in [0.29, 0.717) is 41.3 Å². The van der Waals surface area contributed by atoms with Crippen molar-refractivity contribution in [2.75, 3.05) is 27.9 Å². The number of rotatable bonds is 5. The fraction of sp³-hybridized carbons (Fsp3) is 0.214. The fourth-order valence-electron chi connectivity index (χ4n) is 4.82. The standard InChI is InChI=1S/C28H25FN2O5/c1-34-20-7-8-23-18(12-20)13-22(27(32)30-23)26-21-15-25(36-3)24(35-2)14-16(21)9-10-31(26)28(33)17-5-4-6-19(29)11-17/h4-8,11-15,26H,9-10H2,1-3H3,(H,30,32). The Balaban J connectivity index is 1.73. The van der Waals surface area contributed by atoms with Crippen molar-refractivity contribution >= 4 is 16.8 Å². The Kier molecular flexibility index (Phi) is 6.10. The summed E-state index contributed by atoms with van der Waals surface area (Å²) in [5.41, 5.74) is 2.60. The number of carbonyl (C=O) groups is 1. The number of fused-ring (bicyclic) bond motifs is 2. The molecule has 1 aliphatic rings. The van der Waals surface area contributed by atoms with E-state index in [4.69, 9.17) is 14.2 Å². The molecule has 0 fully saturated rings. The van der Waals surface area contributed by atoms with Gasteiger partial charge in [-0.25, -0.2) is 4.39 Å². The lowest BCUT2D eigenvalue weighted by Gasteiger charge is -2.38. The largest absolute Gasteiger partial charge is 0.497 e. The van der Waals surface area contributed by atoms with E-state index in [0.717, 1.165) is 16.5 Å². The van der Waals surface area contributed by atoms with Crippen molar-refractivity contribution in [1.29, 1.82) is 0 Å². The molecule has 5 rings (SSSR count). The average Bonchev–Trinajstić information content (AvgIpc) is 2.90. The topological polar surface area (TPSA) is 80.9 Å². The highest BCUT2D eigenvalue weighted by atomic mass is 19.1. The van der Waals surface area contributed by atoms with Gasteiger partial charge >= 0.3 is 0 Å². The molecule has 184 valence electrons. The van der Waals surface area contributed by atoms with Crippen LogP contribution in [0.2, 0.25) is 0 Å². The molecule has 0 spiro atoms. The van der Waals surface area contributed by atoms with E-state index < -0.39 is 11.9 Å². The van der Waals surface area contributed by atoms with E-state index in [1.165, 1.54) is 25.3 Å². The molecule has 7 nitrogen and oxygen atoms in total. The van der Waals surface area contributed by atoms with Crippen molar-refractivity contribution in [2.24, 2.45) is 0 Å². The summed E-state index contributed by atoms with van der Waals surface area (Å²) in [6.45, 7) is 0.331. The van der Waals surface area contributed by atoms with Gasteiger partial charge in [0.15, 0.2) is 11.5 Å². The van der Waals surface area contributed by atoms with Gasteiger partial charge in [0.25, 0.3) is 11.5 Å². The van der Waals surface area contributed by atoms with Crippen molar-refractivity contribution in [3.63, 3.8) is 0 Å². The normalized spacial score (nSPS) is 14.9. The Hall–Kier alpha value is -4.33. The van der Waals surface area contributed by atoms with Crippen LogP contribution in [0.1, 0.15) is 33.1 Å². The van der Waals surface area contributed by atoms with E-state index in [-0.39, 0.29) is 17.0 Å². The molecule has 4 aromatic rings. The monoisotopic (exact) mass is 488 g/mol. The Morgan fingerprint density at radius 2 is 1.72 bits per heavy atom. The molecule has 1 N–H and O–H groups in total. The number of hydrogen-bond donors (Lipinski definition) is 1. The van der Waals surface area contributed by atoms with Crippen molar-refractivity contribution in [3.05, 3.63) is 99.1 Å². The first-order chi connectivity index (χ1) is 17.4. The van der Waals surface area contributed by atoms with E-state index in [1.807, 2.05) is 12.1 Å². The number of aromatic amines is 1. The minimum Gasteiger partial charge on any atom is -0.497 e. The van der Waals surface area contributed by atoms with E-state index >= 15 is 0 Å². The number of halogens is 1. The molecule has 36 heavy (non-hydrogen) atoms. The summed E-state index contributed by atoms with van der Waals surface area (Å²) in [4.78, 5) is 31.6. The number of aromatic nitrogens is 1. The maximum Gasteiger partial charge on any atom is 0.254 e. The number of hydrogen-bond acceptors (Lipinski definition) is 5. The minimum atomic E-state index is -0.733. The van der Waals surface area contributed by atoms with Gasteiger partial charge in [-0.3, -0.25) is 9.59 Å². The number of nitrogens with zero attached hydrogens (tertiary/aromatic N) is 1. The molecule has 0 radical (unpaired) electrons. The summed E-state index contributed by atoms with van der Waals surface area (Å²) in [5.74, 6) is 0.822. The zero-order valence-electron chi connectivity index (χ0n) is 20.1. The first-order valence-electron chi connectivity index (χ1n) is 11.5. The third-order valence-corrected chi connectivity index (χ3v) is 6.58. The molecule has 8 heteroatoms. The Labute approximate surface area is 207 Å². The summed E-state index contributed by atoms with van der Waals surface area (Å²) < 4.78 is 30.3. The molecule has 2 heterocycles. The Morgan fingerprint density at radius 1 is 0.944 bits per heavy atom. The molecular formula is C28H25FN2O5. The Morgan fingerprint density at radius 3 is 2.44 bits per heavy atom. The van der Waals surface area contributed by atoms with Crippen LogP contribution >= 0.6 is 0 Å². The quantitative estimate of drug-likeness (QED) is 0.448. The number of ether oxygens (including phenoxy) is 3. The second-order valence-corrected chi connectivity index (χ2v) is 8.57. The van der Waals surface area contributed by atoms with Gasteiger partial charge in [0.1, 0.15) is 11.6 Å². The molecule has 1 aromatic heterocycles. The van der Waals surface area contributed by atoms with Crippen LogP contribution in [-0.2, 0) is 6.42 Å². The summed E-state index contributed by atoms with van der Waals surface area (Å²) >= 11 is 0. The van der Waals surface area contributed by atoms with Gasteiger partial charge in [-0.2, -0.15) is 0 Å². The summed E-state index contributed by atoms with van der Waals surface area (Å²) in [7, 11) is 4.67. The van der Waals surface area contributed by atoms with Crippen molar-refractivity contribution in [2.45, 2.75) is 12.5 Å². The van der Waals surface area contributed by atoms with E-state index in [1.54, 1.807) is 49.5 Å². The first kappa shape index (κ1) is 23.4. The lowest BCUT2D eigenvalue weighted by atomic mass is 9.87. The predicted molar refractivity (Wildman–Crippen MR) is 134 cm³/mol. The third-order valence-electron chi connectivity index (χ3n) is 6.58. The number of amides is 1. The van der Waals surface area contributed by atoms with Gasteiger partial charge in [0, 0.05) is 28.6 Å². The van der Waals surface area contributed by atoms with Crippen LogP contribution < -0.4 is 19.8 Å². The molecular weight excluding hydrogens is 463 g/mol. The smallest absolute Gasteiger partial charge is 0.254 e.